The van der Waals surface area contributed by atoms with E-state index >= 15 is 0 Å². The molecule has 2 aliphatic rings. The number of nitrogens with zero attached hydrogens (tertiary/aromatic N) is 3. The Bertz CT molecular complexity index is 1700. The minimum Gasteiger partial charge on any atom is -0.343 e. The van der Waals surface area contributed by atoms with Crippen LogP contribution in [-0.2, 0) is 27.2 Å². The van der Waals surface area contributed by atoms with E-state index in [0.717, 1.165) is 115 Å². The van der Waals surface area contributed by atoms with Gasteiger partial charge in [-0.2, -0.15) is 0 Å². The van der Waals surface area contributed by atoms with Gasteiger partial charge in [0.15, 0.2) is 0 Å². The molecule has 0 aliphatic carbocycles. The lowest BCUT2D eigenvalue weighted by molar-refractivity contribution is -0.133. The number of carbonyl (C=O) groups is 4. The van der Waals surface area contributed by atoms with Gasteiger partial charge >= 0.3 is 6.03 Å². The van der Waals surface area contributed by atoms with Crippen LogP contribution < -0.4 is 22.0 Å². The van der Waals surface area contributed by atoms with Crippen molar-refractivity contribution in [2.24, 2.45) is 17.6 Å². The maximum atomic E-state index is 12.6. The number of benzene rings is 3. The topological polar surface area (TPSA) is 181 Å². The number of carbonyl (C=O) groups excluding carboxylic acids is 4. The number of urea groups is 1. The Morgan fingerprint density at radius 1 is 0.741 bits per heavy atom. The SMILES string of the molecule is CCN(CC)CCc1ccc(NC(=O)N2CCC(CCCC(=O)NO)CC2)cc1.N[C@@H](CC(=O)N1CCC(CCCC(=O)NO)CC1)Cc1ccc2ccccc2c1. The van der Waals surface area contributed by atoms with Crippen molar-refractivity contribution >= 4 is 40.2 Å². The van der Waals surface area contributed by atoms with Crippen LogP contribution in [0.15, 0.2) is 66.7 Å². The van der Waals surface area contributed by atoms with Crippen LogP contribution in [0.1, 0.15) is 95.6 Å². The third kappa shape index (κ3) is 16.0. The lowest BCUT2D eigenvalue weighted by Crippen LogP contribution is -2.41. The molecule has 2 saturated heterocycles. The van der Waals surface area contributed by atoms with Gasteiger partial charge in [-0.1, -0.05) is 68.4 Å². The van der Waals surface area contributed by atoms with Gasteiger partial charge in [-0.25, -0.2) is 15.8 Å². The molecule has 2 heterocycles. The van der Waals surface area contributed by atoms with Crippen molar-refractivity contribution in [2.75, 3.05) is 51.1 Å². The summed E-state index contributed by atoms with van der Waals surface area (Å²) in [6.45, 7) is 10.6. The molecule has 2 aliphatic heterocycles. The summed E-state index contributed by atoms with van der Waals surface area (Å²) < 4.78 is 0. The molecule has 2 fully saturated rings. The van der Waals surface area contributed by atoms with E-state index in [-0.39, 0.29) is 29.8 Å². The Labute approximate surface area is 344 Å². The molecule has 0 bridgehead atoms. The van der Waals surface area contributed by atoms with Gasteiger partial charge in [-0.3, -0.25) is 24.8 Å². The summed E-state index contributed by atoms with van der Waals surface area (Å²) in [5, 5.41) is 22.5. The Hall–Kier alpha value is -4.56. The van der Waals surface area contributed by atoms with Gasteiger partial charge in [0.1, 0.15) is 0 Å². The van der Waals surface area contributed by atoms with Crippen LogP contribution in [0.3, 0.4) is 0 Å². The van der Waals surface area contributed by atoms with Gasteiger partial charge in [0.2, 0.25) is 17.7 Å². The molecule has 0 unspecified atom stereocenters. The summed E-state index contributed by atoms with van der Waals surface area (Å²) in [6, 6.07) is 22.5. The highest BCUT2D eigenvalue weighted by molar-refractivity contribution is 5.89. The number of fused-ring (bicyclic) bond motifs is 1. The largest absolute Gasteiger partial charge is 0.343 e. The average Bonchev–Trinajstić information content (AvgIpc) is 3.25. The normalized spacial score (nSPS) is 15.4. The molecular formula is C45H67N7O6. The van der Waals surface area contributed by atoms with E-state index < -0.39 is 0 Å². The van der Waals surface area contributed by atoms with E-state index in [4.69, 9.17) is 16.1 Å². The van der Waals surface area contributed by atoms with Gasteiger partial charge in [-0.15, -0.1) is 0 Å². The van der Waals surface area contributed by atoms with Gasteiger partial charge in [0, 0.05) is 63.7 Å². The van der Waals surface area contributed by atoms with E-state index in [1.165, 1.54) is 16.3 Å². The van der Waals surface area contributed by atoms with Crippen LogP contribution >= 0.6 is 0 Å². The number of likely N-dealkylation sites (N-methyl/N-ethyl adjacent to an activating group) is 1. The molecule has 1 atom stereocenters. The maximum Gasteiger partial charge on any atom is 0.321 e. The summed E-state index contributed by atoms with van der Waals surface area (Å²) in [4.78, 5) is 53.5. The molecule has 5 amide bonds. The minimum absolute atomic E-state index is 0.0426. The van der Waals surface area contributed by atoms with Crippen LogP contribution in [0.25, 0.3) is 10.8 Å². The van der Waals surface area contributed by atoms with Crippen molar-refractivity contribution < 1.29 is 29.6 Å². The summed E-state index contributed by atoms with van der Waals surface area (Å²) in [6.07, 6.45) is 10.1. The highest BCUT2D eigenvalue weighted by atomic mass is 16.5. The number of nitrogens with two attached hydrogens (primary N) is 1. The summed E-state index contributed by atoms with van der Waals surface area (Å²) in [5.41, 5.74) is 12.9. The van der Waals surface area contributed by atoms with Crippen LogP contribution in [-0.4, -0.2) is 101 Å². The first-order valence-electron chi connectivity index (χ1n) is 21.3. The molecule has 0 aromatic heterocycles. The second kappa shape index (κ2) is 25.0. The van der Waals surface area contributed by atoms with Crippen molar-refractivity contribution in [3.8, 4) is 0 Å². The fourth-order valence-corrected chi connectivity index (χ4v) is 7.99. The molecule has 5 rings (SSSR count). The third-order valence-corrected chi connectivity index (χ3v) is 11.7. The zero-order valence-electron chi connectivity index (χ0n) is 34.7. The molecular weight excluding hydrogens is 735 g/mol. The molecule has 58 heavy (non-hydrogen) atoms. The fourth-order valence-electron chi connectivity index (χ4n) is 7.99. The summed E-state index contributed by atoms with van der Waals surface area (Å²) >= 11 is 0. The summed E-state index contributed by atoms with van der Waals surface area (Å²) in [7, 11) is 0. The lowest BCUT2D eigenvalue weighted by atomic mass is 9.91. The molecule has 0 spiro atoms. The number of likely N-dealkylation sites (tertiary alicyclic amines) is 2. The van der Waals surface area contributed by atoms with Gasteiger partial charge < -0.3 is 25.8 Å². The Morgan fingerprint density at radius 3 is 1.83 bits per heavy atom. The van der Waals surface area contributed by atoms with Crippen molar-refractivity contribution in [1.82, 2.24) is 25.7 Å². The molecule has 7 N–H and O–H groups in total. The molecule has 0 radical (unpaired) electrons. The molecule has 13 nitrogen and oxygen atoms in total. The van der Waals surface area contributed by atoms with Crippen molar-refractivity contribution in [3.63, 3.8) is 0 Å². The Kier molecular flexibility index (Phi) is 19.9. The zero-order valence-corrected chi connectivity index (χ0v) is 34.7. The average molecular weight is 802 g/mol. The van der Waals surface area contributed by atoms with E-state index in [9.17, 15) is 19.2 Å². The molecule has 13 heteroatoms. The van der Waals surface area contributed by atoms with Crippen LogP contribution in [0.4, 0.5) is 10.5 Å². The standard InChI is InChI=1S/C23H31N3O3.C22H36N4O3/c24-21(15-18-8-9-19-5-1-2-6-20(19)14-18)16-23(28)26-12-10-17(11-13-26)4-3-7-22(27)25-29;1-3-25(4-2)15-12-19-8-10-20(11-9-19)23-22(28)26-16-13-18(14-17-26)6-5-7-21(27)24-29/h1-2,5-6,8-9,14,17,21,29H,3-4,7,10-13,15-16,24H2,(H,25,27);8-11,18,29H,3-7,12-17H2,1-2H3,(H,23,28)(H,24,27)/t21-;/m1./s1. The number of rotatable bonds is 18. The summed E-state index contributed by atoms with van der Waals surface area (Å²) in [5.74, 6) is 0.544. The third-order valence-electron chi connectivity index (χ3n) is 11.7. The first kappa shape index (κ1) is 46.1. The van der Waals surface area contributed by atoms with E-state index in [1.807, 2.05) is 34.1 Å². The number of amides is 5. The monoisotopic (exact) mass is 802 g/mol. The second-order valence-corrected chi connectivity index (χ2v) is 15.9. The molecule has 3 aromatic rings. The number of hydrogen-bond donors (Lipinski definition) is 6. The fraction of sp³-hybridized carbons (Fsp3) is 0.556. The van der Waals surface area contributed by atoms with E-state index in [0.29, 0.717) is 37.5 Å². The van der Waals surface area contributed by atoms with Gasteiger partial charge in [-0.05, 0) is 123 Å². The second-order valence-electron chi connectivity index (χ2n) is 15.9. The number of piperidine rings is 2. The predicted molar refractivity (Wildman–Crippen MR) is 228 cm³/mol. The molecule has 3 aromatic carbocycles. The molecule has 318 valence electrons. The van der Waals surface area contributed by atoms with Gasteiger partial charge in [0.05, 0.1) is 0 Å². The number of hydroxylamine groups is 2. The predicted octanol–water partition coefficient (Wildman–Crippen LogP) is 6.50. The van der Waals surface area contributed by atoms with Crippen molar-refractivity contribution in [2.45, 2.75) is 103 Å². The van der Waals surface area contributed by atoms with Crippen LogP contribution in [0.5, 0.6) is 0 Å². The first-order valence-corrected chi connectivity index (χ1v) is 21.3. The highest BCUT2D eigenvalue weighted by Gasteiger charge is 2.25. The van der Waals surface area contributed by atoms with Crippen molar-refractivity contribution in [3.05, 3.63) is 77.9 Å². The first-order chi connectivity index (χ1) is 28.1. The number of anilines is 1. The lowest BCUT2D eigenvalue weighted by Gasteiger charge is -2.32. The van der Waals surface area contributed by atoms with E-state index in [1.54, 1.807) is 11.0 Å². The van der Waals surface area contributed by atoms with Crippen LogP contribution in [0, 0.1) is 11.8 Å². The highest BCUT2D eigenvalue weighted by Crippen LogP contribution is 2.25. The minimum atomic E-state index is -0.335. The quantitative estimate of drug-likeness (QED) is 0.0623. The van der Waals surface area contributed by atoms with Crippen LogP contribution in [0.2, 0.25) is 0 Å². The molecule has 0 saturated carbocycles. The Balaban J connectivity index is 0.000000257. The van der Waals surface area contributed by atoms with Gasteiger partial charge in [0.25, 0.3) is 0 Å². The van der Waals surface area contributed by atoms with Crippen molar-refractivity contribution in [1.29, 1.82) is 0 Å². The Morgan fingerprint density at radius 2 is 1.28 bits per heavy atom. The zero-order chi connectivity index (χ0) is 41.7. The van der Waals surface area contributed by atoms with E-state index in [2.05, 4.69) is 66.5 Å². The number of nitrogens with one attached hydrogen (secondary N) is 3. The smallest absolute Gasteiger partial charge is 0.321 e. The number of hydrogen-bond acceptors (Lipinski definition) is 8. The maximum absolute atomic E-state index is 12.6.